The molecule has 0 atom stereocenters. The summed E-state index contributed by atoms with van der Waals surface area (Å²) in [7, 11) is 1.70. The molecule has 1 heteroatoms. The smallest absolute Gasteiger partial charge is 0.0515 e. The van der Waals surface area contributed by atoms with Gasteiger partial charge in [0, 0.05) is 7.11 Å². The minimum Gasteiger partial charge on any atom is -0.382 e. The van der Waals surface area contributed by atoms with E-state index in [0.29, 0.717) is 38.6 Å². The first-order valence-electron chi connectivity index (χ1n) is 15.3. The Morgan fingerprint density at radius 1 is 0.425 bits per heavy atom. The zero-order valence-corrected chi connectivity index (χ0v) is 33.3. The maximum absolute atomic E-state index is 4.75. The Morgan fingerprint density at radius 2 is 0.500 bits per heavy atom. The van der Waals surface area contributed by atoms with E-state index in [1.807, 2.05) is 13.8 Å². The predicted molar refractivity (Wildman–Crippen MR) is 200 cm³/mol. The molecule has 0 aromatic carbocycles. The van der Waals surface area contributed by atoms with E-state index in [2.05, 4.69) is 173 Å². The summed E-state index contributed by atoms with van der Waals surface area (Å²) in [6, 6.07) is 0. The average molecular weight is 581 g/mol. The maximum Gasteiger partial charge on any atom is 0.0515 e. The first-order valence-corrected chi connectivity index (χ1v) is 15.3. The van der Waals surface area contributed by atoms with Crippen LogP contribution in [0.4, 0.5) is 0 Å². The van der Waals surface area contributed by atoms with Crippen molar-refractivity contribution >= 4 is 0 Å². The van der Waals surface area contributed by atoms with Crippen LogP contribution in [0, 0.1) is 38.4 Å². The highest BCUT2D eigenvalue weighted by atomic mass is 16.5. The van der Waals surface area contributed by atoms with E-state index in [1.54, 1.807) is 7.11 Å². The van der Waals surface area contributed by atoms with Crippen LogP contribution in [0.5, 0.6) is 0 Å². The first kappa shape index (κ1) is 63.3. The van der Waals surface area contributed by atoms with Crippen molar-refractivity contribution in [3.63, 3.8) is 0 Å². The van der Waals surface area contributed by atoms with Crippen LogP contribution >= 0.6 is 0 Å². The van der Waals surface area contributed by atoms with Gasteiger partial charge in [0.05, 0.1) is 6.10 Å². The molecule has 0 fully saturated rings. The lowest BCUT2D eigenvalue weighted by Crippen LogP contribution is -2.12. The summed E-state index contributed by atoms with van der Waals surface area (Å²) in [5.74, 6) is 0.799. The van der Waals surface area contributed by atoms with E-state index in [0.717, 1.165) is 5.92 Å². The summed E-state index contributed by atoms with van der Waals surface area (Å²) >= 11 is 0. The molecule has 0 saturated carbocycles. The number of methoxy groups -OCH3 is 1. The highest BCUT2D eigenvalue weighted by Crippen LogP contribution is 2.23. The summed E-state index contributed by atoms with van der Waals surface area (Å²) in [6.07, 6.45) is 1.66. The van der Waals surface area contributed by atoms with E-state index in [-0.39, 0.29) is 14.9 Å². The van der Waals surface area contributed by atoms with Gasteiger partial charge in [-0.05, 0) is 52.3 Å². The molecule has 0 N–H and O–H groups in total. The van der Waals surface area contributed by atoms with Crippen molar-refractivity contribution in [3.8, 4) is 0 Å². The minimum atomic E-state index is 0. The number of hydrogen-bond donors (Lipinski definition) is 0. The molecule has 0 bridgehead atoms. The molecule has 258 valence electrons. The van der Waals surface area contributed by atoms with Crippen LogP contribution in [0.3, 0.4) is 0 Å². The zero-order chi connectivity index (χ0) is 33.6. The summed E-state index contributed by atoms with van der Waals surface area (Å²) in [5, 5.41) is 0. The van der Waals surface area contributed by atoms with E-state index in [9.17, 15) is 0 Å². The number of rotatable bonds is 1. The van der Waals surface area contributed by atoms with Gasteiger partial charge >= 0.3 is 0 Å². The van der Waals surface area contributed by atoms with Crippen molar-refractivity contribution < 1.29 is 4.74 Å². The lowest BCUT2D eigenvalue weighted by Gasteiger charge is -2.22. The van der Waals surface area contributed by atoms with E-state index < -0.39 is 0 Å². The van der Waals surface area contributed by atoms with Crippen LogP contribution in [0.25, 0.3) is 0 Å². The lowest BCUT2D eigenvalue weighted by molar-refractivity contribution is 0.134. The molecule has 0 aliphatic rings. The standard InChI is InChI=1S/C7H16.C6H14.4C5H12.C4H10O.2CH4/c1-6(2)7(3,4)5;1-5-6(2,3)4;4*1-5(2,3)4;1-4(2)5-3;;/h6H,1-5H3;5H2,1-4H3;4*1-4H3;4H,1-3H3;2*1H4. The van der Waals surface area contributed by atoms with Gasteiger partial charge in [0.1, 0.15) is 0 Å². The van der Waals surface area contributed by atoms with E-state index in [1.165, 1.54) is 6.42 Å². The van der Waals surface area contributed by atoms with Gasteiger partial charge in [-0.1, -0.05) is 194 Å². The second kappa shape index (κ2) is 29.1. The highest BCUT2D eigenvalue weighted by molar-refractivity contribution is 4.64. The molecule has 40 heavy (non-hydrogen) atoms. The van der Waals surface area contributed by atoms with Crippen molar-refractivity contribution in [2.45, 2.75) is 214 Å². The van der Waals surface area contributed by atoms with Crippen molar-refractivity contribution in [1.82, 2.24) is 0 Å². The second-order valence-corrected chi connectivity index (χ2v) is 19.7. The summed E-state index contributed by atoms with van der Waals surface area (Å²) in [5.41, 5.74) is 3.04. The number of ether oxygens (including phenoxy) is 1. The van der Waals surface area contributed by atoms with E-state index >= 15 is 0 Å². The van der Waals surface area contributed by atoms with Crippen LogP contribution in [0.15, 0.2) is 0 Å². The topological polar surface area (TPSA) is 9.23 Å². The monoisotopic (exact) mass is 581 g/mol. The molecule has 0 heterocycles. The quantitative estimate of drug-likeness (QED) is 0.300. The Kier molecular flexibility index (Phi) is 46.0. The second-order valence-electron chi connectivity index (χ2n) is 19.7. The van der Waals surface area contributed by atoms with Gasteiger partial charge in [0.2, 0.25) is 0 Å². The molecule has 0 radical (unpaired) electrons. The molecular formula is C39H96O. The van der Waals surface area contributed by atoms with Crippen molar-refractivity contribution in [2.75, 3.05) is 7.11 Å². The summed E-state index contributed by atoms with van der Waals surface area (Å²) in [6.45, 7) is 59.2. The van der Waals surface area contributed by atoms with Gasteiger partial charge in [0.25, 0.3) is 0 Å². The zero-order valence-electron chi connectivity index (χ0n) is 33.3. The van der Waals surface area contributed by atoms with Gasteiger partial charge in [0.15, 0.2) is 0 Å². The van der Waals surface area contributed by atoms with E-state index in [4.69, 9.17) is 4.74 Å². The van der Waals surface area contributed by atoms with Crippen LogP contribution < -0.4 is 0 Å². The molecular weight excluding hydrogens is 484 g/mol. The molecule has 0 unspecified atom stereocenters. The normalized spacial score (nSPS) is 11.2. The Balaban J connectivity index is -0.0000000399. The molecule has 1 nitrogen and oxygen atoms in total. The lowest BCUT2D eigenvalue weighted by atomic mass is 9.84. The third-order valence-corrected chi connectivity index (χ3v) is 3.26. The van der Waals surface area contributed by atoms with Gasteiger partial charge in [-0.3, -0.25) is 0 Å². The highest BCUT2D eigenvalue weighted by Gasteiger charge is 2.13. The maximum atomic E-state index is 4.75. The van der Waals surface area contributed by atoms with Gasteiger partial charge in [-0.25, -0.2) is 0 Å². The van der Waals surface area contributed by atoms with Crippen LogP contribution in [-0.4, -0.2) is 13.2 Å². The Morgan fingerprint density at radius 3 is 0.500 bits per heavy atom. The Labute approximate surface area is 264 Å². The minimum absolute atomic E-state index is 0. The van der Waals surface area contributed by atoms with Crippen molar-refractivity contribution in [1.29, 1.82) is 0 Å². The van der Waals surface area contributed by atoms with Crippen molar-refractivity contribution in [2.24, 2.45) is 38.4 Å². The van der Waals surface area contributed by atoms with Gasteiger partial charge in [-0.15, -0.1) is 0 Å². The van der Waals surface area contributed by atoms with Gasteiger partial charge < -0.3 is 4.74 Å². The predicted octanol–water partition coefficient (Wildman–Crippen LogP) is 15.7. The summed E-state index contributed by atoms with van der Waals surface area (Å²) in [4.78, 5) is 0. The largest absolute Gasteiger partial charge is 0.382 e. The molecule has 0 aliphatic carbocycles. The van der Waals surface area contributed by atoms with Crippen LogP contribution in [-0.2, 0) is 4.74 Å². The molecule has 0 aliphatic heterocycles. The number of hydrogen-bond acceptors (Lipinski definition) is 1. The van der Waals surface area contributed by atoms with Gasteiger partial charge in [-0.2, -0.15) is 0 Å². The fourth-order valence-corrected chi connectivity index (χ4v) is 0. The molecule has 0 aromatic rings. The third-order valence-electron chi connectivity index (χ3n) is 3.26. The molecule has 0 rings (SSSR count). The fraction of sp³-hybridized carbons (Fsp3) is 1.00. The molecule has 0 saturated heterocycles. The molecule has 0 spiro atoms. The molecule has 0 aromatic heterocycles. The fourth-order valence-electron chi connectivity index (χ4n) is 0. The third kappa shape index (κ3) is 432. The van der Waals surface area contributed by atoms with Crippen LogP contribution in [0.1, 0.15) is 208 Å². The first-order chi connectivity index (χ1) is 15.8. The summed E-state index contributed by atoms with van der Waals surface area (Å²) < 4.78 is 4.75. The van der Waals surface area contributed by atoms with Crippen molar-refractivity contribution in [3.05, 3.63) is 0 Å². The Hall–Kier alpha value is -0.0400. The average Bonchev–Trinajstić information content (AvgIpc) is 2.47. The SMILES string of the molecule is C.C.CC(C)(C)C.CC(C)(C)C.CC(C)(C)C.CC(C)(C)C.CC(C)C(C)(C)C.CCC(C)(C)C.COC(C)C. The molecule has 0 amide bonds. The van der Waals surface area contributed by atoms with Crippen LogP contribution in [0.2, 0.25) is 0 Å². The Bertz CT molecular complexity index is 354.